The van der Waals surface area contributed by atoms with Crippen LogP contribution >= 0.6 is 0 Å². The summed E-state index contributed by atoms with van der Waals surface area (Å²) in [5.74, 6) is -18.1. The van der Waals surface area contributed by atoms with Gasteiger partial charge >= 0.3 is 5.97 Å². The predicted octanol–water partition coefficient (Wildman–Crippen LogP) is 2.39. The number of carbonyl (C=O) groups excluding carboxylic acids is 4. The second-order valence-corrected chi connectivity index (χ2v) is 10.7. The first-order valence-electron chi connectivity index (χ1n) is 13.7. The lowest BCUT2D eigenvalue weighted by molar-refractivity contribution is -0.167. The van der Waals surface area contributed by atoms with Crippen LogP contribution in [-0.2, 0) is 25.5 Å². The van der Waals surface area contributed by atoms with Crippen molar-refractivity contribution in [2.75, 3.05) is 0 Å². The van der Waals surface area contributed by atoms with Crippen molar-refractivity contribution in [2.24, 2.45) is 11.8 Å². The van der Waals surface area contributed by atoms with Gasteiger partial charge < -0.3 is 30.9 Å². The third-order valence-corrected chi connectivity index (χ3v) is 7.60. The normalized spacial score (nSPS) is 25.5. The second-order valence-electron chi connectivity index (χ2n) is 10.7. The van der Waals surface area contributed by atoms with Crippen LogP contribution in [0.25, 0.3) is 0 Å². The van der Waals surface area contributed by atoms with Gasteiger partial charge in [0.05, 0.1) is 29.7 Å². The van der Waals surface area contributed by atoms with Crippen LogP contribution in [0.5, 0.6) is 5.75 Å². The minimum atomic E-state index is -2.42. The summed E-state index contributed by atoms with van der Waals surface area (Å²) in [5, 5.41) is 28.2. The summed E-state index contributed by atoms with van der Waals surface area (Å²) < 4.78 is 76.3. The van der Waals surface area contributed by atoms with Crippen LogP contribution in [0.4, 0.5) is 22.0 Å². The Labute approximate surface area is 249 Å². The van der Waals surface area contributed by atoms with Crippen LogP contribution in [0, 0.1) is 40.9 Å². The zero-order chi connectivity index (χ0) is 33.0. The molecular weight excluding hydrogens is 597 g/mol. The number of carbonyl (C=O) groups is 4. The number of nitrogens with one attached hydrogen (secondary N) is 3. The molecule has 2 aromatic rings. The van der Waals surface area contributed by atoms with Crippen molar-refractivity contribution >= 4 is 23.7 Å². The van der Waals surface area contributed by atoms with Crippen LogP contribution in [0.1, 0.15) is 50.0 Å². The fourth-order valence-electron chi connectivity index (χ4n) is 4.63. The van der Waals surface area contributed by atoms with Crippen LogP contribution < -0.4 is 16.0 Å². The highest BCUT2D eigenvalue weighted by atomic mass is 19.2. The predicted molar refractivity (Wildman–Crippen MR) is 143 cm³/mol. The number of aromatic hydroxyl groups is 1. The Hall–Kier alpha value is -4.27. The summed E-state index contributed by atoms with van der Waals surface area (Å²) in [5.41, 5.74) is -1.64. The lowest BCUT2D eigenvalue weighted by Gasteiger charge is -2.34. The van der Waals surface area contributed by atoms with Crippen molar-refractivity contribution in [1.29, 1.82) is 0 Å². The number of cyclic esters (lactones) is 1. The maximum Gasteiger partial charge on any atom is 0.312 e. The molecule has 0 aliphatic carbocycles. The molecule has 0 bridgehead atoms. The van der Waals surface area contributed by atoms with Gasteiger partial charge in [-0.1, -0.05) is 26.0 Å². The molecule has 1 aliphatic heterocycles. The summed E-state index contributed by atoms with van der Waals surface area (Å²) >= 11 is 0. The third kappa shape index (κ3) is 7.09. The molecule has 0 aromatic heterocycles. The molecule has 44 heavy (non-hydrogen) atoms. The summed E-state index contributed by atoms with van der Waals surface area (Å²) in [7, 11) is 0. The molecule has 1 heterocycles. The first-order valence-corrected chi connectivity index (χ1v) is 13.7. The Morgan fingerprint density at radius 3 is 2.09 bits per heavy atom. The number of phenolic OH excluding ortho intramolecular Hbond substituents is 1. The van der Waals surface area contributed by atoms with Crippen molar-refractivity contribution in [1.82, 2.24) is 16.0 Å². The number of hydrogen-bond donors (Lipinski definition) is 5. The van der Waals surface area contributed by atoms with E-state index in [4.69, 9.17) is 4.74 Å². The summed E-state index contributed by atoms with van der Waals surface area (Å²) in [6, 6.07) is 0.435. The number of benzene rings is 2. The first kappa shape index (κ1) is 34.2. The third-order valence-electron chi connectivity index (χ3n) is 7.60. The van der Waals surface area contributed by atoms with Gasteiger partial charge in [-0.15, -0.1) is 0 Å². The van der Waals surface area contributed by atoms with E-state index in [0.29, 0.717) is 6.42 Å². The van der Waals surface area contributed by atoms with Gasteiger partial charge in [0.15, 0.2) is 29.4 Å². The maximum absolute atomic E-state index is 14.6. The Morgan fingerprint density at radius 1 is 0.955 bits per heavy atom. The number of hydrogen-bond acceptors (Lipinski definition) is 7. The number of esters is 1. The minimum Gasteiger partial charge on any atom is -0.507 e. The van der Waals surface area contributed by atoms with Gasteiger partial charge in [0, 0.05) is 17.9 Å². The lowest BCUT2D eigenvalue weighted by Crippen LogP contribution is -2.62. The topological polar surface area (TPSA) is 154 Å². The standard InChI is InChI=1S/C29H32F5N3O7/c1-5-11(2)25-28(42)35-13(4)23(37-26(40)14-8-6-7-9-17(14)38)27(41)36-16(24(39)12(3)29(43)44-25)10-15-18(30)20(32)22(34)21(33)19(15)31/h6-9,11-13,16,23-25,38-39H,5,10H2,1-4H3,(H,35,42)(H,36,41)(H,37,40)/t11?,12-,13-,16+,23+,24+,25?/m1/s1. The molecule has 0 spiro atoms. The second kappa shape index (κ2) is 14.0. The summed E-state index contributed by atoms with van der Waals surface area (Å²) in [6.07, 6.45) is -4.33. The number of aliphatic hydroxyl groups is 1. The largest absolute Gasteiger partial charge is 0.507 e. The maximum atomic E-state index is 14.6. The first-order chi connectivity index (χ1) is 20.6. The van der Waals surface area contributed by atoms with Gasteiger partial charge in [-0.3, -0.25) is 19.2 Å². The Balaban J connectivity index is 2.11. The highest BCUT2D eigenvalue weighted by Gasteiger charge is 2.41. The fourth-order valence-corrected chi connectivity index (χ4v) is 4.63. The molecule has 0 radical (unpaired) electrons. The van der Waals surface area contributed by atoms with Gasteiger partial charge in [-0.05, 0) is 32.4 Å². The van der Waals surface area contributed by atoms with Gasteiger partial charge in [0.25, 0.3) is 11.8 Å². The fraction of sp³-hybridized carbons (Fsp3) is 0.448. The molecule has 7 atom stereocenters. The molecule has 0 saturated carbocycles. The van der Waals surface area contributed by atoms with E-state index in [1.807, 2.05) is 0 Å². The molecule has 5 N–H and O–H groups in total. The molecule has 3 amide bonds. The molecule has 10 nitrogen and oxygen atoms in total. The van der Waals surface area contributed by atoms with Crippen LogP contribution in [0.3, 0.4) is 0 Å². The highest BCUT2D eigenvalue weighted by molar-refractivity contribution is 6.00. The van der Waals surface area contributed by atoms with E-state index in [9.17, 15) is 51.3 Å². The Kier molecular flexibility index (Phi) is 10.9. The molecule has 2 unspecified atom stereocenters. The summed E-state index contributed by atoms with van der Waals surface area (Å²) in [4.78, 5) is 52.8. The van der Waals surface area contributed by atoms with Gasteiger partial charge in [-0.2, -0.15) is 0 Å². The molecule has 1 aliphatic rings. The van der Waals surface area contributed by atoms with E-state index in [2.05, 4.69) is 16.0 Å². The van der Waals surface area contributed by atoms with E-state index in [-0.39, 0.29) is 5.56 Å². The van der Waals surface area contributed by atoms with Gasteiger partial charge in [0.1, 0.15) is 11.8 Å². The van der Waals surface area contributed by atoms with E-state index in [1.165, 1.54) is 31.2 Å². The quantitative estimate of drug-likeness (QED) is 0.142. The van der Waals surface area contributed by atoms with Crippen molar-refractivity contribution in [3.8, 4) is 5.75 Å². The minimum absolute atomic E-state index is 0.261. The lowest BCUT2D eigenvalue weighted by atomic mass is 9.91. The molecule has 2 aromatic carbocycles. The van der Waals surface area contributed by atoms with E-state index >= 15 is 0 Å². The summed E-state index contributed by atoms with van der Waals surface area (Å²) in [6.45, 7) is 5.70. The molecule has 3 rings (SSSR count). The van der Waals surface area contributed by atoms with Crippen LogP contribution in [0.2, 0.25) is 0 Å². The smallest absolute Gasteiger partial charge is 0.312 e. The zero-order valence-electron chi connectivity index (χ0n) is 24.1. The number of phenols is 1. The van der Waals surface area contributed by atoms with E-state index < -0.39 is 113 Å². The van der Waals surface area contributed by atoms with E-state index in [0.717, 1.165) is 6.92 Å². The van der Waals surface area contributed by atoms with Crippen molar-refractivity contribution < 1.29 is 56.1 Å². The Morgan fingerprint density at radius 2 is 1.52 bits per heavy atom. The zero-order valence-corrected chi connectivity index (χ0v) is 24.1. The van der Waals surface area contributed by atoms with Gasteiger partial charge in [0.2, 0.25) is 11.7 Å². The van der Waals surface area contributed by atoms with Gasteiger partial charge in [-0.25, -0.2) is 22.0 Å². The van der Waals surface area contributed by atoms with Crippen molar-refractivity contribution in [3.05, 3.63) is 64.5 Å². The number of para-hydroxylation sites is 1. The number of rotatable bonds is 6. The molecular formula is C29H32F5N3O7. The molecule has 1 fully saturated rings. The number of ether oxygens (including phenoxy) is 1. The number of amides is 3. The molecule has 15 heteroatoms. The number of aliphatic hydroxyl groups excluding tert-OH is 1. The number of halogens is 5. The monoisotopic (exact) mass is 629 g/mol. The average Bonchev–Trinajstić information content (AvgIpc) is 2.99. The molecule has 240 valence electrons. The van der Waals surface area contributed by atoms with Crippen LogP contribution in [0.15, 0.2) is 24.3 Å². The highest BCUT2D eigenvalue weighted by Crippen LogP contribution is 2.26. The Bertz CT molecular complexity index is 1410. The van der Waals surface area contributed by atoms with Crippen molar-refractivity contribution in [2.45, 2.75) is 70.9 Å². The average molecular weight is 630 g/mol. The van der Waals surface area contributed by atoms with Crippen LogP contribution in [-0.4, -0.2) is 64.2 Å². The SMILES string of the molecule is CCC(C)C1OC(=O)[C@H](C)[C@H](O)[C@H](Cc2c(F)c(F)c(F)c(F)c2F)NC(=O)[C@@H](NC(=O)c2ccccc2O)[C@@H](C)NC1=O. The van der Waals surface area contributed by atoms with E-state index in [1.54, 1.807) is 13.8 Å². The van der Waals surface area contributed by atoms with Crippen molar-refractivity contribution in [3.63, 3.8) is 0 Å². The molecule has 1 saturated heterocycles.